The summed E-state index contributed by atoms with van der Waals surface area (Å²) in [6.07, 6.45) is 9.18. The first-order chi connectivity index (χ1) is 5.47. The summed E-state index contributed by atoms with van der Waals surface area (Å²) in [5.74, 6) is 0. The lowest BCUT2D eigenvalue weighted by Gasteiger charge is -1.97. The Morgan fingerprint density at radius 1 is 1.27 bits per heavy atom. The minimum Gasteiger partial charge on any atom is -0.257 e. The summed E-state index contributed by atoms with van der Waals surface area (Å²) in [5, 5.41) is 0. The Kier molecular flexibility index (Phi) is 1.56. The van der Waals surface area contributed by atoms with Crippen molar-refractivity contribution in [2.45, 2.75) is 6.42 Å². The molecule has 0 amide bonds. The molecular formula is C10H9N. The highest BCUT2D eigenvalue weighted by Crippen LogP contribution is 2.20. The van der Waals surface area contributed by atoms with Gasteiger partial charge in [-0.3, -0.25) is 4.98 Å². The average molecular weight is 143 g/mol. The van der Waals surface area contributed by atoms with E-state index in [9.17, 15) is 0 Å². The summed E-state index contributed by atoms with van der Waals surface area (Å²) in [6, 6.07) is 5.99. The van der Waals surface area contributed by atoms with Gasteiger partial charge < -0.3 is 0 Å². The molecular weight excluding hydrogens is 134 g/mol. The number of nitrogens with zero attached hydrogens (tertiary/aromatic N) is 1. The van der Waals surface area contributed by atoms with Crippen LogP contribution in [0.15, 0.2) is 42.6 Å². The van der Waals surface area contributed by atoms with E-state index >= 15 is 0 Å². The van der Waals surface area contributed by atoms with Gasteiger partial charge in [-0.05, 0) is 24.1 Å². The summed E-state index contributed by atoms with van der Waals surface area (Å²) in [7, 11) is 0. The van der Waals surface area contributed by atoms with Gasteiger partial charge >= 0.3 is 0 Å². The zero-order valence-corrected chi connectivity index (χ0v) is 6.20. The highest BCUT2D eigenvalue weighted by Gasteiger charge is 2.01. The van der Waals surface area contributed by atoms with Crippen molar-refractivity contribution in [1.82, 2.24) is 4.98 Å². The van der Waals surface area contributed by atoms with E-state index in [1.165, 1.54) is 5.57 Å². The molecule has 1 heterocycles. The van der Waals surface area contributed by atoms with E-state index in [1.54, 1.807) is 0 Å². The van der Waals surface area contributed by atoms with Gasteiger partial charge in [-0.25, -0.2) is 0 Å². The lowest BCUT2D eigenvalue weighted by atomic mass is 10.1. The van der Waals surface area contributed by atoms with Gasteiger partial charge in [0.05, 0.1) is 5.69 Å². The van der Waals surface area contributed by atoms with Crippen molar-refractivity contribution in [3.8, 4) is 0 Å². The average Bonchev–Trinajstić information content (AvgIpc) is 2.58. The van der Waals surface area contributed by atoms with Crippen LogP contribution in [0, 0.1) is 0 Å². The van der Waals surface area contributed by atoms with Crippen molar-refractivity contribution < 1.29 is 0 Å². The third-order valence-corrected chi connectivity index (χ3v) is 1.77. The van der Waals surface area contributed by atoms with Crippen LogP contribution in [-0.4, -0.2) is 4.98 Å². The quantitative estimate of drug-likeness (QED) is 0.588. The van der Waals surface area contributed by atoms with Gasteiger partial charge in [0.15, 0.2) is 0 Å². The van der Waals surface area contributed by atoms with Crippen LogP contribution in [0.1, 0.15) is 12.1 Å². The Bertz CT molecular complexity index is 296. The molecule has 0 bridgehead atoms. The van der Waals surface area contributed by atoms with E-state index in [2.05, 4.69) is 23.2 Å². The molecule has 0 aliphatic heterocycles. The van der Waals surface area contributed by atoms with Gasteiger partial charge in [-0.2, -0.15) is 0 Å². The Hall–Kier alpha value is -1.37. The normalized spacial score (nSPS) is 15.1. The Balaban J connectivity index is 2.31. The molecule has 0 aromatic carbocycles. The molecule has 0 radical (unpaired) electrons. The molecule has 54 valence electrons. The second-order valence-electron chi connectivity index (χ2n) is 2.54. The monoisotopic (exact) mass is 143 g/mol. The predicted octanol–water partition coefficient (Wildman–Crippen LogP) is 2.42. The third-order valence-electron chi connectivity index (χ3n) is 1.77. The van der Waals surface area contributed by atoms with Crippen LogP contribution >= 0.6 is 0 Å². The smallest absolute Gasteiger partial charge is 0.0664 e. The van der Waals surface area contributed by atoms with Gasteiger partial charge in [-0.15, -0.1) is 0 Å². The van der Waals surface area contributed by atoms with E-state index in [1.807, 2.05) is 24.4 Å². The Morgan fingerprint density at radius 3 is 2.91 bits per heavy atom. The first kappa shape index (κ1) is 6.35. The van der Waals surface area contributed by atoms with E-state index in [4.69, 9.17) is 0 Å². The van der Waals surface area contributed by atoms with E-state index < -0.39 is 0 Å². The molecule has 0 N–H and O–H groups in total. The van der Waals surface area contributed by atoms with Crippen LogP contribution in [-0.2, 0) is 0 Å². The van der Waals surface area contributed by atoms with Gasteiger partial charge in [0, 0.05) is 6.20 Å². The maximum Gasteiger partial charge on any atom is 0.0664 e. The van der Waals surface area contributed by atoms with E-state index in [-0.39, 0.29) is 0 Å². The molecule has 1 aliphatic rings. The molecule has 1 heteroatoms. The molecule has 0 spiro atoms. The maximum absolute atomic E-state index is 4.25. The molecule has 0 atom stereocenters. The van der Waals surface area contributed by atoms with Crippen molar-refractivity contribution in [2.75, 3.05) is 0 Å². The highest BCUT2D eigenvalue weighted by molar-refractivity contribution is 5.68. The maximum atomic E-state index is 4.25. The number of pyridine rings is 1. The lowest BCUT2D eigenvalue weighted by Crippen LogP contribution is -1.83. The summed E-state index contributed by atoms with van der Waals surface area (Å²) in [4.78, 5) is 4.25. The van der Waals surface area contributed by atoms with Crippen LogP contribution in [0.4, 0.5) is 0 Å². The first-order valence-electron chi connectivity index (χ1n) is 3.74. The molecule has 2 rings (SSSR count). The molecule has 1 aliphatic carbocycles. The minimum atomic E-state index is 1.02. The fourth-order valence-electron chi connectivity index (χ4n) is 1.19. The molecule has 1 aromatic heterocycles. The fourth-order valence-corrected chi connectivity index (χ4v) is 1.19. The molecule has 1 nitrogen and oxygen atoms in total. The SMILES string of the molecule is C1=CCC(c2ccccn2)=C1. The molecule has 1 aromatic rings. The standard InChI is InChI=1S/C10H9N/c1-2-6-9(5-1)10-7-3-4-8-11-10/h1-5,7-8H,6H2. The summed E-state index contributed by atoms with van der Waals surface area (Å²) >= 11 is 0. The summed E-state index contributed by atoms with van der Waals surface area (Å²) < 4.78 is 0. The van der Waals surface area contributed by atoms with Crippen molar-refractivity contribution in [1.29, 1.82) is 0 Å². The molecule has 0 saturated carbocycles. The van der Waals surface area contributed by atoms with Crippen LogP contribution in [0.25, 0.3) is 5.57 Å². The second kappa shape index (κ2) is 2.70. The third kappa shape index (κ3) is 1.22. The van der Waals surface area contributed by atoms with Crippen LogP contribution in [0.2, 0.25) is 0 Å². The van der Waals surface area contributed by atoms with Crippen molar-refractivity contribution in [2.24, 2.45) is 0 Å². The van der Waals surface area contributed by atoms with Crippen molar-refractivity contribution in [3.63, 3.8) is 0 Å². The van der Waals surface area contributed by atoms with Crippen LogP contribution < -0.4 is 0 Å². The van der Waals surface area contributed by atoms with Gasteiger partial charge in [0.2, 0.25) is 0 Å². The van der Waals surface area contributed by atoms with Crippen molar-refractivity contribution in [3.05, 3.63) is 48.3 Å². The zero-order valence-electron chi connectivity index (χ0n) is 6.20. The molecule has 11 heavy (non-hydrogen) atoms. The molecule has 0 unspecified atom stereocenters. The van der Waals surface area contributed by atoms with E-state index in [0.29, 0.717) is 0 Å². The number of allylic oxidation sites excluding steroid dienone is 4. The summed E-state index contributed by atoms with van der Waals surface area (Å²) in [5.41, 5.74) is 2.41. The van der Waals surface area contributed by atoms with Crippen LogP contribution in [0.3, 0.4) is 0 Å². The topological polar surface area (TPSA) is 12.9 Å². The van der Waals surface area contributed by atoms with Gasteiger partial charge in [0.25, 0.3) is 0 Å². The van der Waals surface area contributed by atoms with Gasteiger partial charge in [0.1, 0.15) is 0 Å². The predicted molar refractivity (Wildman–Crippen MR) is 46.0 cm³/mol. The second-order valence-corrected chi connectivity index (χ2v) is 2.54. The number of hydrogen-bond acceptors (Lipinski definition) is 1. The highest BCUT2D eigenvalue weighted by atomic mass is 14.7. The zero-order chi connectivity index (χ0) is 7.52. The number of hydrogen-bond donors (Lipinski definition) is 0. The van der Waals surface area contributed by atoms with E-state index in [0.717, 1.165) is 12.1 Å². The first-order valence-corrected chi connectivity index (χ1v) is 3.74. The fraction of sp³-hybridized carbons (Fsp3) is 0.100. The van der Waals surface area contributed by atoms with Gasteiger partial charge in [-0.1, -0.05) is 24.3 Å². The lowest BCUT2D eigenvalue weighted by molar-refractivity contribution is 1.24. The summed E-state index contributed by atoms with van der Waals surface area (Å²) in [6.45, 7) is 0. The number of aromatic nitrogens is 1. The Morgan fingerprint density at radius 2 is 2.27 bits per heavy atom. The van der Waals surface area contributed by atoms with Crippen LogP contribution in [0.5, 0.6) is 0 Å². The molecule has 0 fully saturated rings. The largest absolute Gasteiger partial charge is 0.257 e. The Labute approximate surface area is 66.1 Å². The molecule has 0 saturated heterocycles. The number of rotatable bonds is 1. The van der Waals surface area contributed by atoms with Crippen molar-refractivity contribution >= 4 is 5.57 Å². The minimum absolute atomic E-state index is 1.02.